The Hall–Kier alpha value is -1.04. The van der Waals surface area contributed by atoms with Crippen molar-refractivity contribution in [1.82, 2.24) is 0 Å². The van der Waals surface area contributed by atoms with E-state index in [0.29, 0.717) is 12.4 Å². The van der Waals surface area contributed by atoms with Crippen molar-refractivity contribution >= 4 is 31.9 Å². The average Bonchev–Trinajstić information content (AvgIpc) is 2.93. The molecule has 0 aliphatic carbocycles. The summed E-state index contributed by atoms with van der Waals surface area (Å²) in [5.74, 6) is 1.43. The van der Waals surface area contributed by atoms with Crippen LogP contribution in [-0.4, -0.2) is 18.8 Å². The van der Waals surface area contributed by atoms with Crippen molar-refractivity contribution in [3.63, 3.8) is 0 Å². The lowest BCUT2D eigenvalue weighted by Crippen LogP contribution is -2.04. The van der Waals surface area contributed by atoms with Crippen molar-refractivity contribution in [3.05, 3.63) is 56.0 Å². The second-order valence-corrected chi connectivity index (χ2v) is 6.70. The molecule has 0 saturated heterocycles. The molecule has 1 aliphatic rings. The number of fused-ring (bicyclic) bond motifs is 1. The predicted molar refractivity (Wildman–Crippen MR) is 88.1 cm³/mol. The van der Waals surface area contributed by atoms with Gasteiger partial charge in [-0.25, -0.2) is 0 Å². The van der Waals surface area contributed by atoms with Gasteiger partial charge in [-0.2, -0.15) is 0 Å². The zero-order valence-corrected chi connectivity index (χ0v) is 14.6. The van der Waals surface area contributed by atoms with Gasteiger partial charge < -0.3 is 14.6 Å². The molecule has 21 heavy (non-hydrogen) atoms. The Bertz CT molecular complexity index is 685. The van der Waals surface area contributed by atoms with E-state index in [1.54, 1.807) is 7.11 Å². The summed E-state index contributed by atoms with van der Waals surface area (Å²) in [6.45, 7) is 0.656. The summed E-state index contributed by atoms with van der Waals surface area (Å²) in [5, 5.41) is 10.8. The van der Waals surface area contributed by atoms with Gasteiger partial charge in [-0.3, -0.25) is 0 Å². The maximum absolute atomic E-state index is 10.8. The molecule has 0 aromatic heterocycles. The van der Waals surface area contributed by atoms with Gasteiger partial charge in [0.25, 0.3) is 0 Å². The van der Waals surface area contributed by atoms with Gasteiger partial charge in [0.1, 0.15) is 17.6 Å². The fourth-order valence-corrected chi connectivity index (χ4v) is 3.44. The van der Waals surface area contributed by atoms with Crippen LogP contribution in [0.2, 0.25) is 0 Å². The Kier molecular flexibility index (Phi) is 4.24. The van der Waals surface area contributed by atoms with Crippen LogP contribution in [0.1, 0.15) is 22.8 Å². The van der Waals surface area contributed by atoms with Gasteiger partial charge in [-0.15, -0.1) is 0 Å². The summed E-state index contributed by atoms with van der Waals surface area (Å²) >= 11 is 6.91. The minimum Gasteiger partial charge on any atom is -0.496 e. The Morgan fingerprint density at radius 2 is 1.95 bits per heavy atom. The molecule has 1 aliphatic heterocycles. The van der Waals surface area contributed by atoms with Crippen molar-refractivity contribution in [2.45, 2.75) is 12.5 Å². The summed E-state index contributed by atoms with van der Waals surface area (Å²) in [6.07, 6.45) is 0.0730. The van der Waals surface area contributed by atoms with E-state index in [9.17, 15) is 5.11 Å². The van der Waals surface area contributed by atoms with Crippen LogP contribution in [0, 0.1) is 0 Å². The highest BCUT2D eigenvalue weighted by molar-refractivity contribution is 9.10. The standard InChI is InChI=1S/C16H14Br2O3/c1-20-14-8-10(17)2-3-12(14)15(19)13-7-11(18)6-9-4-5-21-16(9)13/h2-3,6-8,15,19H,4-5H2,1H3. The molecule has 0 fully saturated rings. The number of hydrogen-bond acceptors (Lipinski definition) is 3. The molecule has 0 saturated carbocycles. The molecule has 110 valence electrons. The molecule has 0 radical (unpaired) electrons. The van der Waals surface area contributed by atoms with Gasteiger partial charge in [-0.05, 0) is 29.8 Å². The molecule has 1 unspecified atom stereocenters. The number of hydrogen-bond donors (Lipinski definition) is 1. The van der Waals surface area contributed by atoms with Crippen LogP contribution in [0.15, 0.2) is 39.3 Å². The highest BCUT2D eigenvalue weighted by atomic mass is 79.9. The number of methoxy groups -OCH3 is 1. The third-order valence-corrected chi connectivity index (χ3v) is 4.51. The van der Waals surface area contributed by atoms with E-state index in [0.717, 1.165) is 37.8 Å². The quantitative estimate of drug-likeness (QED) is 0.817. The van der Waals surface area contributed by atoms with Gasteiger partial charge in [-0.1, -0.05) is 37.9 Å². The maximum Gasteiger partial charge on any atom is 0.128 e. The van der Waals surface area contributed by atoms with E-state index in [2.05, 4.69) is 31.9 Å². The van der Waals surface area contributed by atoms with Crippen molar-refractivity contribution in [1.29, 1.82) is 0 Å². The van der Waals surface area contributed by atoms with Gasteiger partial charge in [0, 0.05) is 26.5 Å². The summed E-state index contributed by atoms with van der Waals surface area (Å²) in [4.78, 5) is 0. The first kappa shape index (κ1) is 14.9. The van der Waals surface area contributed by atoms with Crippen LogP contribution in [0.25, 0.3) is 0 Å². The Morgan fingerprint density at radius 1 is 1.14 bits per heavy atom. The van der Waals surface area contributed by atoms with Crippen molar-refractivity contribution in [2.75, 3.05) is 13.7 Å². The van der Waals surface area contributed by atoms with E-state index in [1.165, 1.54) is 0 Å². The molecule has 2 aromatic rings. The summed E-state index contributed by atoms with van der Waals surface area (Å²) in [6, 6.07) is 9.53. The average molecular weight is 414 g/mol. The number of aliphatic hydroxyl groups excluding tert-OH is 1. The number of rotatable bonds is 3. The summed E-state index contributed by atoms with van der Waals surface area (Å²) < 4.78 is 12.9. The molecular formula is C16H14Br2O3. The normalized spacial score (nSPS) is 14.5. The lowest BCUT2D eigenvalue weighted by atomic mass is 9.97. The Labute approximate surface area is 140 Å². The number of benzene rings is 2. The number of halogens is 2. The molecule has 1 heterocycles. The number of aliphatic hydroxyl groups is 1. The fraction of sp³-hybridized carbons (Fsp3) is 0.250. The van der Waals surface area contributed by atoms with E-state index in [4.69, 9.17) is 9.47 Å². The van der Waals surface area contributed by atoms with Crippen LogP contribution in [0.4, 0.5) is 0 Å². The van der Waals surface area contributed by atoms with Crippen molar-refractivity contribution in [2.24, 2.45) is 0 Å². The fourth-order valence-electron chi connectivity index (χ4n) is 2.58. The highest BCUT2D eigenvalue weighted by Gasteiger charge is 2.25. The van der Waals surface area contributed by atoms with E-state index >= 15 is 0 Å². The van der Waals surface area contributed by atoms with E-state index in [-0.39, 0.29) is 0 Å². The summed E-state index contributed by atoms with van der Waals surface area (Å²) in [5.41, 5.74) is 2.60. The van der Waals surface area contributed by atoms with Gasteiger partial charge in [0.05, 0.1) is 13.7 Å². The van der Waals surface area contributed by atoms with Crippen LogP contribution in [0.3, 0.4) is 0 Å². The molecule has 0 spiro atoms. The molecule has 1 N–H and O–H groups in total. The summed E-state index contributed by atoms with van der Waals surface area (Å²) in [7, 11) is 1.60. The highest BCUT2D eigenvalue weighted by Crippen LogP contribution is 2.41. The molecule has 3 nitrogen and oxygen atoms in total. The van der Waals surface area contributed by atoms with Gasteiger partial charge >= 0.3 is 0 Å². The third-order valence-electron chi connectivity index (χ3n) is 3.56. The minimum atomic E-state index is -0.794. The monoisotopic (exact) mass is 412 g/mol. The number of ether oxygens (including phenoxy) is 2. The molecule has 1 atom stereocenters. The second-order valence-electron chi connectivity index (χ2n) is 4.87. The van der Waals surface area contributed by atoms with E-state index in [1.807, 2.05) is 30.3 Å². The van der Waals surface area contributed by atoms with Crippen molar-refractivity contribution < 1.29 is 14.6 Å². The zero-order chi connectivity index (χ0) is 15.0. The maximum atomic E-state index is 10.8. The topological polar surface area (TPSA) is 38.7 Å². The van der Waals surface area contributed by atoms with Gasteiger partial charge in [0.2, 0.25) is 0 Å². The SMILES string of the molecule is COc1cc(Br)ccc1C(O)c1cc(Br)cc2c1OCC2. The second kappa shape index (κ2) is 5.99. The van der Waals surface area contributed by atoms with E-state index < -0.39 is 6.10 Å². The molecule has 0 amide bonds. The lowest BCUT2D eigenvalue weighted by Gasteiger charge is -2.18. The Morgan fingerprint density at radius 3 is 2.71 bits per heavy atom. The van der Waals surface area contributed by atoms with Crippen molar-refractivity contribution in [3.8, 4) is 11.5 Å². The first-order chi connectivity index (χ1) is 10.1. The Balaban J connectivity index is 2.09. The zero-order valence-electron chi connectivity index (χ0n) is 11.4. The van der Waals surface area contributed by atoms with Crippen LogP contribution in [0.5, 0.6) is 11.5 Å². The van der Waals surface area contributed by atoms with Crippen LogP contribution in [-0.2, 0) is 6.42 Å². The molecule has 3 rings (SSSR count). The van der Waals surface area contributed by atoms with Gasteiger partial charge in [0.15, 0.2) is 0 Å². The minimum absolute atomic E-state index is 0.642. The molecular weight excluding hydrogens is 400 g/mol. The molecule has 2 aromatic carbocycles. The van der Waals surface area contributed by atoms with Crippen LogP contribution >= 0.6 is 31.9 Å². The predicted octanol–water partition coefficient (Wildman–Crippen LogP) is 4.24. The molecule has 5 heteroatoms. The third kappa shape index (κ3) is 2.82. The largest absolute Gasteiger partial charge is 0.496 e. The molecule has 0 bridgehead atoms. The first-order valence-electron chi connectivity index (χ1n) is 6.56. The first-order valence-corrected chi connectivity index (χ1v) is 8.15. The lowest BCUT2D eigenvalue weighted by molar-refractivity contribution is 0.208. The van der Waals surface area contributed by atoms with Crippen LogP contribution < -0.4 is 9.47 Å². The smallest absolute Gasteiger partial charge is 0.128 e.